The summed E-state index contributed by atoms with van der Waals surface area (Å²) in [6.45, 7) is 1.10. The summed E-state index contributed by atoms with van der Waals surface area (Å²) in [5.41, 5.74) is 2.71. The van der Waals surface area contributed by atoms with Gasteiger partial charge in [0, 0.05) is 12.0 Å². The molecule has 1 heteroatoms. The Balaban J connectivity index is 1.75. The summed E-state index contributed by atoms with van der Waals surface area (Å²) in [5, 5.41) is 3.59. The Hall–Kier alpha value is -1.86. The maximum atomic E-state index is 3.59. The van der Waals surface area contributed by atoms with Crippen LogP contribution >= 0.6 is 0 Å². The zero-order valence-electron chi connectivity index (χ0n) is 11.0. The molecule has 1 aliphatic heterocycles. The average Bonchev–Trinajstić information content (AvgIpc) is 2.95. The van der Waals surface area contributed by atoms with Crippen LogP contribution in [0.4, 0.5) is 0 Å². The van der Waals surface area contributed by atoms with Gasteiger partial charge >= 0.3 is 0 Å². The van der Waals surface area contributed by atoms with Gasteiger partial charge < -0.3 is 5.32 Å². The summed E-state index contributed by atoms with van der Waals surface area (Å²) in [4.78, 5) is 0. The first-order valence-corrected chi connectivity index (χ1v) is 6.95. The Morgan fingerprint density at radius 3 is 2.32 bits per heavy atom. The highest BCUT2D eigenvalue weighted by Crippen LogP contribution is 2.28. The molecular formula is C18H19N. The van der Waals surface area contributed by atoms with Gasteiger partial charge in [0.05, 0.1) is 0 Å². The standard InChI is InChI=1S/C18H19N/c1-3-7-15(8-4-1)11-12-18-17(13-14-19-18)16-9-5-2-6-10-16/h1-12,17-19H,13-14H2/b12-11+/t17-,18+/m0/s1. The van der Waals surface area contributed by atoms with E-state index in [4.69, 9.17) is 0 Å². The maximum absolute atomic E-state index is 3.59. The van der Waals surface area contributed by atoms with Crippen LogP contribution in [0.25, 0.3) is 6.08 Å². The SMILES string of the molecule is C(=C\[C@H]1NCC[C@H]1c1ccccc1)/c1ccccc1. The van der Waals surface area contributed by atoms with Crippen LogP contribution in [0.1, 0.15) is 23.5 Å². The van der Waals surface area contributed by atoms with Crippen LogP contribution < -0.4 is 5.32 Å². The number of rotatable bonds is 3. The molecule has 1 fully saturated rings. The van der Waals surface area contributed by atoms with Crippen molar-refractivity contribution < 1.29 is 0 Å². The summed E-state index contributed by atoms with van der Waals surface area (Å²) in [5.74, 6) is 0.598. The van der Waals surface area contributed by atoms with Gasteiger partial charge in [-0.25, -0.2) is 0 Å². The van der Waals surface area contributed by atoms with Crippen molar-refractivity contribution in [3.8, 4) is 0 Å². The van der Waals surface area contributed by atoms with E-state index in [2.05, 4.69) is 78.1 Å². The molecule has 96 valence electrons. The lowest BCUT2D eigenvalue weighted by Crippen LogP contribution is -2.23. The average molecular weight is 249 g/mol. The largest absolute Gasteiger partial charge is 0.310 e. The molecule has 1 heterocycles. The summed E-state index contributed by atoms with van der Waals surface area (Å²) < 4.78 is 0. The predicted molar refractivity (Wildman–Crippen MR) is 81.1 cm³/mol. The molecule has 0 bridgehead atoms. The molecule has 0 unspecified atom stereocenters. The number of benzene rings is 2. The minimum absolute atomic E-state index is 0.447. The second-order valence-corrected chi connectivity index (χ2v) is 5.06. The fraction of sp³-hybridized carbons (Fsp3) is 0.222. The van der Waals surface area contributed by atoms with Crippen LogP contribution in [-0.4, -0.2) is 12.6 Å². The van der Waals surface area contributed by atoms with E-state index in [1.54, 1.807) is 0 Å². The van der Waals surface area contributed by atoms with Crippen LogP contribution in [0.3, 0.4) is 0 Å². The van der Waals surface area contributed by atoms with Crippen molar-refractivity contribution in [3.05, 3.63) is 77.9 Å². The van der Waals surface area contributed by atoms with E-state index in [0.29, 0.717) is 12.0 Å². The van der Waals surface area contributed by atoms with Crippen LogP contribution in [0.15, 0.2) is 66.7 Å². The highest BCUT2D eigenvalue weighted by molar-refractivity contribution is 5.50. The first-order chi connectivity index (χ1) is 9.43. The van der Waals surface area contributed by atoms with E-state index >= 15 is 0 Å². The van der Waals surface area contributed by atoms with E-state index < -0.39 is 0 Å². The molecule has 0 spiro atoms. The molecule has 0 aliphatic carbocycles. The molecule has 1 aliphatic rings. The summed E-state index contributed by atoms with van der Waals surface area (Å²) >= 11 is 0. The van der Waals surface area contributed by atoms with Crippen LogP contribution in [0, 0.1) is 0 Å². The molecule has 3 rings (SSSR count). The second kappa shape index (κ2) is 5.85. The monoisotopic (exact) mass is 249 g/mol. The molecular weight excluding hydrogens is 230 g/mol. The van der Waals surface area contributed by atoms with E-state index in [9.17, 15) is 0 Å². The molecule has 0 saturated carbocycles. The summed E-state index contributed by atoms with van der Waals surface area (Å²) in [7, 11) is 0. The quantitative estimate of drug-likeness (QED) is 0.871. The number of nitrogens with one attached hydrogen (secondary N) is 1. The Bertz CT molecular complexity index is 530. The van der Waals surface area contributed by atoms with Crippen molar-refractivity contribution in [2.45, 2.75) is 18.4 Å². The minimum atomic E-state index is 0.447. The lowest BCUT2D eigenvalue weighted by atomic mass is 9.91. The normalized spacial score (nSPS) is 22.9. The third kappa shape index (κ3) is 2.94. The van der Waals surface area contributed by atoms with E-state index in [1.165, 1.54) is 17.5 Å². The van der Waals surface area contributed by atoms with Crippen molar-refractivity contribution >= 4 is 6.08 Å². The first-order valence-electron chi connectivity index (χ1n) is 6.95. The van der Waals surface area contributed by atoms with E-state index in [1.807, 2.05) is 0 Å². The van der Waals surface area contributed by atoms with Gasteiger partial charge in [0.2, 0.25) is 0 Å². The molecule has 0 radical (unpaired) electrons. The zero-order valence-corrected chi connectivity index (χ0v) is 11.0. The molecule has 0 aromatic heterocycles. The van der Waals surface area contributed by atoms with Gasteiger partial charge in [-0.2, -0.15) is 0 Å². The van der Waals surface area contributed by atoms with Gasteiger partial charge in [-0.3, -0.25) is 0 Å². The fourth-order valence-corrected chi connectivity index (χ4v) is 2.78. The lowest BCUT2D eigenvalue weighted by molar-refractivity contribution is 0.650. The molecule has 19 heavy (non-hydrogen) atoms. The first kappa shape index (κ1) is 12.2. The number of hydrogen-bond acceptors (Lipinski definition) is 1. The molecule has 2 atom stereocenters. The summed E-state index contributed by atoms with van der Waals surface area (Å²) in [6, 6.07) is 21.8. The smallest absolute Gasteiger partial charge is 0.0322 e. The van der Waals surface area contributed by atoms with Crippen molar-refractivity contribution in [2.75, 3.05) is 6.54 Å². The van der Waals surface area contributed by atoms with Crippen LogP contribution in [0.2, 0.25) is 0 Å². The predicted octanol–water partition coefficient (Wildman–Crippen LogP) is 3.85. The van der Waals surface area contributed by atoms with Gasteiger partial charge in [-0.15, -0.1) is 0 Å². The topological polar surface area (TPSA) is 12.0 Å². The van der Waals surface area contributed by atoms with Gasteiger partial charge in [0.15, 0.2) is 0 Å². The van der Waals surface area contributed by atoms with E-state index in [0.717, 1.165) is 6.54 Å². The molecule has 1 nitrogen and oxygen atoms in total. The minimum Gasteiger partial charge on any atom is -0.310 e. The molecule has 1 N–H and O–H groups in total. The van der Waals surface area contributed by atoms with Gasteiger partial charge in [0.25, 0.3) is 0 Å². The number of hydrogen-bond donors (Lipinski definition) is 1. The summed E-state index contributed by atoms with van der Waals surface area (Å²) in [6.07, 6.45) is 5.74. The Kier molecular flexibility index (Phi) is 3.75. The van der Waals surface area contributed by atoms with Crippen LogP contribution in [0.5, 0.6) is 0 Å². The van der Waals surface area contributed by atoms with Crippen molar-refractivity contribution in [1.82, 2.24) is 5.32 Å². The fourth-order valence-electron chi connectivity index (χ4n) is 2.78. The molecule has 0 amide bonds. The maximum Gasteiger partial charge on any atom is 0.0322 e. The zero-order chi connectivity index (χ0) is 12.9. The second-order valence-electron chi connectivity index (χ2n) is 5.06. The van der Waals surface area contributed by atoms with Crippen molar-refractivity contribution in [2.24, 2.45) is 0 Å². The molecule has 2 aromatic carbocycles. The Morgan fingerprint density at radius 2 is 1.58 bits per heavy atom. The third-order valence-electron chi connectivity index (χ3n) is 3.79. The third-order valence-corrected chi connectivity index (χ3v) is 3.79. The van der Waals surface area contributed by atoms with Crippen molar-refractivity contribution in [1.29, 1.82) is 0 Å². The van der Waals surface area contributed by atoms with Gasteiger partial charge in [-0.05, 0) is 24.1 Å². The highest BCUT2D eigenvalue weighted by atomic mass is 14.9. The van der Waals surface area contributed by atoms with Gasteiger partial charge in [-0.1, -0.05) is 72.8 Å². The molecule has 1 saturated heterocycles. The van der Waals surface area contributed by atoms with Crippen LogP contribution in [-0.2, 0) is 0 Å². The van der Waals surface area contributed by atoms with E-state index in [-0.39, 0.29) is 0 Å². The molecule has 2 aromatic rings. The van der Waals surface area contributed by atoms with Crippen molar-refractivity contribution in [3.63, 3.8) is 0 Å². The lowest BCUT2D eigenvalue weighted by Gasteiger charge is -2.16. The highest BCUT2D eigenvalue weighted by Gasteiger charge is 2.25. The Labute approximate surface area is 115 Å². The van der Waals surface area contributed by atoms with Gasteiger partial charge in [0.1, 0.15) is 0 Å². The Morgan fingerprint density at radius 1 is 0.895 bits per heavy atom.